The molecule has 0 radical (unpaired) electrons. The number of ether oxygens (including phenoxy) is 1. The molecule has 2 atom stereocenters. The zero-order valence-corrected chi connectivity index (χ0v) is 13.5. The first kappa shape index (κ1) is 16.4. The SMILES string of the molecule is O=C(O)[C@H]1CC[C@@H](C2CCN(S(=O)(=O)c3cccnc3)CC2)O1. The lowest BCUT2D eigenvalue weighted by atomic mass is 9.90. The summed E-state index contributed by atoms with van der Waals surface area (Å²) in [6.45, 7) is 0.860. The number of hydrogen-bond acceptors (Lipinski definition) is 5. The van der Waals surface area contributed by atoms with Crippen molar-refractivity contribution in [2.24, 2.45) is 5.92 Å². The first-order valence-corrected chi connectivity index (χ1v) is 9.21. The molecule has 0 aromatic carbocycles. The maximum absolute atomic E-state index is 12.5. The second-order valence-electron chi connectivity index (χ2n) is 6.01. The van der Waals surface area contributed by atoms with Crippen LogP contribution >= 0.6 is 0 Å². The van der Waals surface area contributed by atoms with Gasteiger partial charge in [-0.25, -0.2) is 13.2 Å². The Labute approximate surface area is 135 Å². The van der Waals surface area contributed by atoms with E-state index in [2.05, 4.69) is 4.98 Å². The van der Waals surface area contributed by atoms with Crippen LogP contribution in [-0.4, -0.2) is 54.1 Å². The molecule has 1 N–H and O–H groups in total. The monoisotopic (exact) mass is 340 g/mol. The summed E-state index contributed by atoms with van der Waals surface area (Å²) < 4.78 is 32.1. The number of aliphatic carboxylic acids is 1. The summed E-state index contributed by atoms with van der Waals surface area (Å²) in [4.78, 5) is 15.0. The summed E-state index contributed by atoms with van der Waals surface area (Å²) in [6, 6.07) is 3.16. The largest absolute Gasteiger partial charge is 0.479 e. The third kappa shape index (κ3) is 3.39. The fourth-order valence-corrected chi connectivity index (χ4v) is 4.76. The third-order valence-electron chi connectivity index (χ3n) is 4.62. The van der Waals surface area contributed by atoms with E-state index in [-0.39, 0.29) is 16.9 Å². The number of piperidine rings is 1. The lowest BCUT2D eigenvalue weighted by Gasteiger charge is -2.33. The Morgan fingerprint density at radius 1 is 1.26 bits per heavy atom. The van der Waals surface area contributed by atoms with Crippen molar-refractivity contribution >= 4 is 16.0 Å². The molecule has 0 amide bonds. The van der Waals surface area contributed by atoms with Crippen molar-refractivity contribution in [1.82, 2.24) is 9.29 Å². The predicted octanol–water partition coefficient (Wildman–Crippen LogP) is 1.11. The molecule has 7 nitrogen and oxygen atoms in total. The predicted molar refractivity (Wildman–Crippen MR) is 81.3 cm³/mol. The molecule has 2 aliphatic rings. The van der Waals surface area contributed by atoms with Crippen LogP contribution in [0.3, 0.4) is 0 Å². The van der Waals surface area contributed by atoms with Crippen molar-refractivity contribution in [3.05, 3.63) is 24.5 Å². The Kier molecular flexibility index (Phi) is 4.65. The molecule has 126 valence electrons. The number of carbonyl (C=O) groups is 1. The van der Waals surface area contributed by atoms with E-state index in [0.717, 1.165) is 6.42 Å². The molecule has 2 aliphatic heterocycles. The third-order valence-corrected chi connectivity index (χ3v) is 6.51. The van der Waals surface area contributed by atoms with Crippen molar-refractivity contribution in [1.29, 1.82) is 0 Å². The van der Waals surface area contributed by atoms with E-state index in [1.165, 1.54) is 10.5 Å². The van der Waals surface area contributed by atoms with Crippen LogP contribution in [0.4, 0.5) is 0 Å². The summed E-state index contributed by atoms with van der Waals surface area (Å²) in [5.41, 5.74) is 0. The highest BCUT2D eigenvalue weighted by Crippen LogP contribution is 2.33. The van der Waals surface area contributed by atoms with Gasteiger partial charge in [0.25, 0.3) is 0 Å². The molecular weight excluding hydrogens is 320 g/mol. The molecule has 0 bridgehead atoms. The van der Waals surface area contributed by atoms with Gasteiger partial charge < -0.3 is 9.84 Å². The zero-order chi connectivity index (χ0) is 16.4. The Balaban J connectivity index is 1.60. The number of rotatable bonds is 4. The van der Waals surface area contributed by atoms with Gasteiger partial charge >= 0.3 is 5.97 Å². The van der Waals surface area contributed by atoms with E-state index in [4.69, 9.17) is 9.84 Å². The smallest absolute Gasteiger partial charge is 0.332 e. The number of carboxylic acids is 1. The van der Waals surface area contributed by atoms with Crippen LogP contribution in [-0.2, 0) is 19.6 Å². The summed E-state index contributed by atoms with van der Waals surface area (Å²) in [5.74, 6) is -0.691. The van der Waals surface area contributed by atoms with Crippen LogP contribution in [0, 0.1) is 5.92 Å². The van der Waals surface area contributed by atoms with Gasteiger partial charge in [0.2, 0.25) is 10.0 Å². The minimum Gasteiger partial charge on any atom is -0.479 e. The fourth-order valence-electron chi connectivity index (χ4n) is 3.33. The average Bonchev–Trinajstić information content (AvgIpc) is 3.06. The topological polar surface area (TPSA) is 96.8 Å². The molecule has 0 saturated carbocycles. The lowest BCUT2D eigenvalue weighted by molar-refractivity contribution is -0.150. The minimum absolute atomic E-state index is 0.0700. The van der Waals surface area contributed by atoms with E-state index in [1.807, 2.05) is 0 Å². The Morgan fingerprint density at radius 2 is 2.00 bits per heavy atom. The molecule has 0 aliphatic carbocycles. The quantitative estimate of drug-likeness (QED) is 0.882. The number of carboxylic acid groups (broad SMARTS) is 1. The molecule has 3 rings (SSSR count). The molecule has 2 saturated heterocycles. The maximum Gasteiger partial charge on any atom is 0.332 e. The van der Waals surface area contributed by atoms with E-state index in [1.54, 1.807) is 18.3 Å². The van der Waals surface area contributed by atoms with Crippen molar-refractivity contribution in [2.75, 3.05) is 13.1 Å². The molecule has 3 heterocycles. The van der Waals surface area contributed by atoms with E-state index in [9.17, 15) is 13.2 Å². The number of hydrogen-bond donors (Lipinski definition) is 1. The van der Waals surface area contributed by atoms with Crippen LogP contribution in [0.1, 0.15) is 25.7 Å². The summed E-state index contributed by atoms with van der Waals surface area (Å²) in [7, 11) is -3.50. The Hall–Kier alpha value is -1.51. The number of aromatic nitrogens is 1. The molecule has 1 aromatic rings. The Bertz CT molecular complexity index is 656. The lowest BCUT2D eigenvalue weighted by Crippen LogP contribution is -2.41. The normalized spacial score (nSPS) is 27.1. The van der Waals surface area contributed by atoms with Gasteiger partial charge in [0.15, 0.2) is 6.10 Å². The molecule has 23 heavy (non-hydrogen) atoms. The van der Waals surface area contributed by atoms with Crippen LogP contribution in [0.15, 0.2) is 29.4 Å². The van der Waals surface area contributed by atoms with Crippen molar-refractivity contribution in [3.63, 3.8) is 0 Å². The second kappa shape index (κ2) is 6.54. The molecule has 0 spiro atoms. The highest BCUT2D eigenvalue weighted by molar-refractivity contribution is 7.89. The van der Waals surface area contributed by atoms with Crippen LogP contribution < -0.4 is 0 Å². The van der Waals surface area contributed by atoms with Gasteiger partial charge in [-0.1, -0.05) is 0 Å². The summed E-state index contributed by atoms with van der Waals surface area (Å²) in [6.07, 6.45) is 4.77. The average molecular weight is 340 g/mol. The van der Waals surface area contributed by atoms with Crippen LogP contribution in [0.25, 0.3) is 0 Å². The van der Waals surface area contributed by atoms with E-state index < -0.39 is 22.1 Å². The summed E-state index contributed by atoms with van der Waals surface area (Å²) in [5, 5.41) is 8.99. The minimum atomic E-state index is -3.50. The highest BCUT2D eigenvalue weighted by Gasteiger charge is 2.38. The van der Waals surface area contributed by atoms with Crippen molar-refractivity contribution in [2.45, 2.75) is 42.8 Å². The highest BCUT2D eigenvalue weighted by atomic mass is 32.2. The van der Waals surface area contributed by atoms with Gasteiger partial charge in [-0.2, -0.15) is 4.31 Å². The van der Waals surface area contributed by atoms with Crippen molar-refractivity contribution < 1.29 is 23.1 Å². The molecule has 1 aromatic heterocycles. The number of pyridine rings is 1. The summed E-state index contributed by atoms with van der Waals surface area (Å²) >= 11 is 0. The first-order valence-electron chi connectivity index (χ1n) is 7.77. The van der Waals surface area contributed by atoms with Gasteiger partial charge in [0, 0.05) is 25.5 Å². The Morgan fingerprint density at radius 3 is 2.57 bits per heavy atom. The van der Waals surface area contributed by atoms with Crippen LogP contribution in [0.5, 0.6) is 0 Å². The second-order valence-corrected chi connectivity index (χ2v) is 7.95. The van der Waals surface area contributed by atoms with Crippen LogP contribution in [0.2, 0.25) is 0 Å². The van der Waals surface area contributed by atoms with Gasteiger partial charge in [-0.3, -0.25) is 4.98 Å². The van der Waals surface area contributed by atoms with E-state index in [0.29, 0.717) is 32.4 Å². The first-order chi connectivity index (χ1) is 11.0. The molecular formula is C15H20N2O5S. The number of nitrogens with zero attached hydrogens (tertiary/aromatic N) is 2. The van der Waals surface area contributed by atoms with Gasteiger partial charge in [0.1, 0.15) is 4.90 Å². The zero-order valence-electron chi connectivity index (χ0n) is 12.7. The standard InChI is InChI=1S/C15H20N2O5S/c18-15(19)14-4-3-13(22-14)11-5-8-17(9-6-11)23(20,21)12-2-1-7-16-10-12/h1-2,7,10-11,13-14H,3-6,8-9H2,(H,18,19)/t13-,14+/m0/s1. The number of sulfonamides is 1. The van der Waals surface area contributed by atoms with Gasteiger partial charge in [-0.15, -0.1) is 0 Å². The molecule has 8 heteroatoms. The van der Waals surface area contributed by atoms with Gasteiger partial charge in [-0.05, 0) is 43.7 Å². The molecule has 0 unspecified atom stereocenters. The fraction of sp³-hybridized carbons (Fsp3) is 0.600. The van der Waals surface area contributed by atoms with E-state index >= 15 is 0 Å². The maximum atomic E-state index is 12.5. The van der Waals surface area contributed by atoms with Crippen molar-refractivity contribution in [3.8, 4) is 0 Å². The molecule has 2 fully saturated rings. The van der Waals surface area contributed by atoms with Gasteiger partial charge in [0.05, 0.1) is 6.10 Å².